The summed E-state index contributed by atoms with van der Waals surface area (Å²) >= 11 is 0. The second-order valence-electron chi connectivity index (χ2n) is 12.8. The molecule has 0 bridgehead atoms. The summed E-state index contributed by atoms with van der Waals surface area (Å²) < 4.78 is 0. The second-order valence-corrected chi connectivity index (χ2v) is 12.8. The Morgan fingerprint density at radius 2 is 1.63 bits per heavy atom. The number of nitrogens with one attached hydrogen (secondary N) is 3. The fourth-order valence-corrected chi connectivity index (χ4v) is 6.98. The molecule has 2 aliphatic heterocycles. The first kappa shape index (κ1) is 30.3. The number of benzene rings is 1. The summed E-state index contributed by atoms with van der Waals surface area (Å²) in [6.45, 7) is 6.69. The maximum Gasteiger partial charge on any atom is 0.271 e. The van der Waals surface area contributed by atoms with Crippen molar-refractivity contribution in [2.45, 2.75) is 56.7 Å². The molecule has 0 radical (unpaired) electrons. The molecule has 13 nitrogen and oxygen atoms in total. The number of carbonyl (C=O) groups excluding carboxylic acids is 1. The molecule has 242 valence electrons. The number of rotatable bonds is 8. The van der Waals surface area contributed by atoms with Gasteiger partial charge in [0.1, 0.15) is 16.9 Å². The first-order valence-electron chi connectivity index (χ1n) is 16.4. The lowest BCUT2D eigenvalue weighted by molar-refractivity contribution is 0.0982. The van der Waals surface area contributed by atoms with Crippen molar-refractivity contribution in [1.82, 2.24) is 34.7 Å². The Kier molecular flexibility index (Phi) is 8.69. The van der Waals surface area contributed by atoms with Crippen molar-refractivity contribution < 1.29 is 9.90 Å². The average molecular weight is 626 g/mol. The van der Waals surface area contributed by atoms with Crippen LogP contribution >= 0.6 is 0 Å². The van der Waals surface area contributed by atoms with E-state index in [4.69, 9.17) is 15.7 Å². The van der Waals surface area contributed by atoms with Gasteiger partial charge in [0.2, 0.25) is 0 Å². The minimum atomic E-state index is -0.697. The van der Waals surface area contributed by atoms with Gasteiger partial charge < -0.3 is 36.3 Å². The first-order chi connectivity index (χ1) is 22.4. The van der Waals surface area contributed by atoms with Crippen molar-refractivity contribution in [3.05, 3.63) is 48.5 Å². The number of hydrogen-bond donors (Lipinski definition) is 5. The normalized spacial score (nSPS) is 21.8. The molecule has 4 aromatic rings. The topological polar surface area (TPSA) is 164 Å². The van der Waals surface area contributed by atoms with E-state index in [-0.39, 0.29) is 23.7 Å². The van der Waals surface area contributed by atoms with Crippen molar-refractivity contribution >= 4 is 40.0 Å². The largest absolute Gasteiger partial charge is 0.393 e. The monoisotopic (exact) mass is 625 g/mol. The number of nitrogens with two attached hydrogens (primary N) is 1. The number of piperidine rings is 1. The van der Waals surface area contributed by atoms with Gasteiger partial charge in [-0.25, -0.2) is 15.0 Å². The van der Waals surface area contributed by atoms with Crippen LogP contribution in [0.25, 0.3) is 22.4 Å². The fraction of sp³-hybridized carbons (Fsp3) is 0.485. The van der Waals surface area contributed by atoms with Crippen molar-refractivity contribution in [3.63, 3.8) is 0 Å². The molecular formula is C33H43N11O2. The van der Waals surface area contributed by atoms with Crippen LogP contribution in [0.5, 0.6) is 0 Å². The number of aromatic nitrogens is 5. The molecule has 6 N–H and O–H groups in total. The molecule has 13 heteroatoms. The number of imidazole rings is 1. The number of H-pyrrole nitrogens is 1. The van der Waals surface area contributed by atoms with Crippen LogP contribution in [0.3, 0.4) is 0 Å². The summed E-state index contributed by atoms with van der Waals surface area (Å²) in [4.78, 5) is 42.0. The molecule has 1 aromatic carbocycles. The fourth-order valence-electron chi connectivity index (χ4n) is 6.98. The van der Waals surface area contributed by atoms with E-state index in [0.717, 1.165) is 63.3 Å². The van der Waals surface area contributed by atoms with E-state index in [1.54, 1.807) is 12.5 Å². The quantitative estimate of drug-likeness (QED) is 0.195. The van der Waals surface area contributed by atoms with Crippen LogP contribution in [0, 0.1) is 0 Å². The van der Waals surface area contributed by atoms with Gasteiger partial charge in [0.25, 0.3) is 5.91 Å². The lowest BCUT2D eigenvalue weighted by Gasteiger charge is -2.42. The second kappa shape index (κ2) is 13.2. The van der Waals surface area contributed by atoms with Crippen LogP contribution in [-0.4, -0.2) is 110 Å². The molecule has 1 amide bonds. The number of fused-ring (bicyclic) bond motifs is 1. The molecule has 0 atom stereocenters. The van der Waals surface area contributed by atoms with E-state index >= 15 is 0 Å². The van der Waals surface area contributed by atoms with Crippen LogP contribution in [0.15, 0.2) is 42.9 Å². The number of pyridine rings is 1. The lowest BCUT2D eigenvalue weighted by Crippen LogP contribution is -2.52. The highest BCUT2D eigenvalue weighted by Crippen LogP contribution is 2.34. The number of hydrogen-bond acceptors (Lipinski definition) is 11. The Morgan fingerprint density at radius 3 is 2.35 bits per heavy atom. The predicted octanol–water partition coefficient (Wildman–Crippen LogP) is 3.19. The highest BCUT2D eigenvalue weighted by molar-refractivity contribution is 5.99. The van der Waals surface area contributed by atoms with E-state index < -0.39 is 5.91 Å². The Balaban J connectivity index is 1.12. The maximum absolute atomic E-state index is 12.7. The highest BCUT2D eigenvalue weighted by atomic mass is 16.3. The van der Waals surface area contributed by atoms with Gasteiger partial charge in [-0.2, -0.15) is 0 Å². The third-order valence-corrected chi connectivity index (χ3v) is 9.74. The van der Waals surface area contributed by atoms with E-state index in [2.05, 4.69) is 59.5 Å². The van der Waals surface area contributed by atoms with Crippen LogP contribution in [0.1, 0.15) is 49.0 Å². The molecule has 1 saturated carbocycles. The minimum Gasteiger partial charge on any atom is -0.393 e. The number of likely N-dealkylation sites (N-methyl/N-ethyl adjacent to an activating group) is 1. The van der Waals surface area contributed by atoms with E-state index in [9.17, 15) is 9.90 Å². The number of primary amides is 1. The van der Waals surface area contributed by atoms with Crippen LogP contribution in [0.4, 0.5) is 23.0 Å². The number of aliphatic hydroxyl groups is 1. The Hall–Kier alpha value is -4.33. The maximum atomic E-state index is 12.7. The van der Waals surface area contributed by atoms with Gasteiger partial charge in [0.05, 0.1) is 17.9 Å². The summed E-state index contributed by atoms with van der Waals surface area (Å²) in [6.07, 6.45) is 8.32. The number of aliphatic hydroxyl groups excluding tert-OH is 1. The third-order valence-electron chi connectivity index (χ3n) is 9.74. The Morgan fingerprint density at radius 1 is 0.891 bits per heavy atom. The molecular weight excluding hydrogens is 582 g/mol. The summed E-state index contributed by atoms with van der Waals surface area (Å²) in [6, 6.07) is 10.8. The Bertz CT molecular complexity index is 1650. The van der Waals surface area contributed by atoms with Gasteiger partial charge in [-0.05, 0) is 75.9 Å². The zero-order valence-electron chi connectivity index (χ0n) is 26.3. The average Bonchev–Trinajstić information content (AvgIpc) is 3.56. The molecule has 1 aliphatic carbocycles. The zero-order valence-corrected chi connectivity index (χ0v) is 26.3. The SMILES string of the molecule is CN1CCN(C2CCN(c3ccc(Nc4nc(NC5CCC(O)CC5)c(-c5nccc6[nH]cnc56)nc4C(N)=O)cc3)CC2)CC1. The van der Waals surface area contributed by atoms with Crippen molar-refractivity contribution in [3.8, 4) is 11.4 Å². The van der Waals surface area contributed by atoms with Crippen LogP contribution in [-0.2, 0) is 0 Å². The van der Waals surface area contributed by atoms with E-state index in [1.807, 2.05) is 18.2 Å². The van der Waals surface area contributed by atoms with Gasteiger partial charge in [0.15, 0.2) is 17.3 Å². The van der Waals surface area contributed by atoms with Gasteiger partial charge in [-0.3, -0.25) is 14.7 Å². The first-order valence-corrected chi connectivity index (χ1v) is 16.4. The molecule has 7 rings (SSSR count). The molecule has 3 aliphatic rings. The number of amides is 1. The minimum absolute atomic E-state index is 0.0176. The Labute approximate surface area is 268 Å². The molecule has 0 spiro atoms. The van der Waals surface area contributed by atoms with Crippen LogP contribution in [0.2, 0.25) is 0 Å². The summed E-state index contributed by atoms with van der Waals surface area (Å²) in [5, 5.41) is 16.9. The summed E-state index contributed by atoms with van der Waals surface area (Å²) in [7, 11) is 2.20. The lowest BCUT2D eigenvalue weighted by atomic mass is 9.93. The molecule has 3 aromatic heterocycles. The molecule has 2 saturated heterocycles. The van der Waals surface area contributed by atoms with Gasteiger partial charge in [-0.15, -0.1) is 0 Å². The molecule has 46 heavy (non-hydrogen) atoms. The van der Waals surface area contributed by atoms with Crippen molar-refractivity contribution in [2.75, 3.05) is 61.8 Å². The predicted molar refractivity (Wildman–Crippen MR) is 179 cm³/mol. The third kappa shape index (κ3) is 6.48. The van der Waals surface area contributed by atoms with Gasteiger partial charge in [-0.1, -0.05) is 0 Å². The van der Waals surface area contributed by atoms with Crippen molar-refractivity contribution in [2.24, 2.45) is 5.73 Å². The highest BCUT2D eigenvalue weighted by Gasteiger charge is 2.28. The van der Waals surface area contributed by atoms with Crippen LogP contribution < -0.4 is 21.3 Å². The number of piperazine rings is 1. The van der Waals surface area contributed by atoms with E-state index in [1.165, 1.54) is 18.5 Å². The van der Waals surface area contributed by atoms with Gasteiger partial charge in [0, 0.05) is 68.9 Å². The standard InChI is InChI=1S/C33H43N11O2/c1-42-16-18-44(19-17-42)24-11-14-43(15-12-24)23-6-2-21(3-7-23)39-33-30(31(34)46)40-29(28-27-26(10-13-35-28)36-20-37-27)32(41-33)38-22-4-8-25(45)9-5-22/h2-3,6-7,10,13,20,22,24-25,45H,4-5,8-9,11-12,14-19H2,1H3,(H2,34,46)(H,36,37)(H2,38,39,41). The number of anilines is 4. The molecule has 0 unspecified atom stereocenters. The van der Waals surface area contributed by atoms with E-state index in [0.29, 0.717) is 41.6 Å². The van der Waals surface area contributed by atoms with Crippen molar-refractivity contribution in [1.29, 1.82) is 0 Å². The molecule has 3 fully saturated rings. The summed E-state index contributed by atoms with van der Waals surface area (Å²) in [5.74, 6) is 0.0545. The number of aromatic amines is 1. The summed E-state index contributed by atoms with van der Waals surface area (Å²) in [5.41, 5.74) is 10.2. The molecule has 5 heterocycles. The zero-order chi connectivity index (χ0) is 31.6. The smallest absolute Gasteiger partial charge is 0.271 e. The number of nitrogens with zero attached hydrogens (tertiary/aromatic N) is 7. The van der Waals surface area contributed by atoms with Gasteiger partial charge >= 0.3 is 0 Å². The number of carbonyl (C=O) groups is 1.